The molecule has 0 unspecified atom stereocenters. The average Bonchev–Trinajstić information content (AvgIpc) is 1.59. The van der Waals surface area contributed by atoms with Crippen LogP contribution in [-0.4, -0.2) is 31.7 Å². The summed E-state index contributed by atoms with van der Waals surface area (Å²) in [6, 6.07) is 0. The van der Waals surface area contributed by atoms with Gasteiger partial charge in [0.2, 0.25) is 0 Å². The van der Waals surface area contributed by atoms with Crippen molar-refractivity contribution in [2.24, 2.45) is 0 Å². The zero-order chi connectivity index (χ0) is 6.62. The topological polar surface area (TPSA) is 49.7 Å². The Labute approximate surface area is 50.2 Å². The summed E-state index contributed by atoms with van der Waals surface area (Å²) >= 11 is 0. The Morgan fingerprint density at radius 1 is 1.50 bits per heavy atom. The lowest BCUT2D eigenvalue weighted by molar-refractivity contribution is 0.169. The van der Waals surface area contributed by atoms with E-state index in [1.54, 1.807) is 13.1 Å². The van der Waals surface area contributed by atoms with Crippen molar-refractivity contribution in [2.75, 3.05) is 13.2 Å². The third kappa shape index (κ3) is 6.10. The average molecular weight is 136 g/mol. The molecule has 8 heavy (non-hydrogen) atoms. The smallest absolute Gasteiger partial charge is 0.329 e. The molecule has 0 aliphatic rings. The van der Waals surface area contributed by atoms with Crippen molar-refractivity contribution in [3.63, 3.8) is 0 Å². The van der Waals surface area contributed by atoms with Crippen molar-refractivity contribution in [3.05, 3.63) is 0 Å². The van der Waals surface area contributed by atoms with E-state index in [2.05, 4.69) is 0 Å². The Morgan fingerprint density at radius 2 is 2.00 bits per heavy atom. The fourth-order valence-electron chi connectivity index (χ4n) is 0.295. The molecule has 0 fully saturated rings. The van der Waals surface area contributed by atoms with Crippen LogP contribution in [0.2, 0.25) is 13.1 Å². The molecule has 0 radical (unpaired) electrons. The van der Waals surface area contributed by atoms with Gasteiger partial charge in [0.15, 0.2) is 0 Å². The molecule has 0 heterocycles. The lowest BCUT2D eigenvalue weighted by Gasteiger charge is -2.12. The molecule has 0 spiro atoms. The molecule has 0 saturated heterocycles. The fourth-order valence-corrected chi connectivity index (χ4v) is 0.886. The van der Waals surface area contributed by atoms with Crippen LogP contribution in [0.15, 0.2) is 0 Å². The van der Waals surface area contributed by atoms with E-state index in [0.29, 0.717) is 0 Å². The lowest BCUT2D eigenvalue weighted by Crippen LogP contribution is -2.31. The Hall–Kier alpha value is 0.0969. The predicted molar refractivity (Wildman–Crippen MR) is 32.7 cm³/mol. The van der Waals surface area contributed by atoms with E-state index in [-0.39, 0.29) is 13.2 Å². The zero-order valence-corrected chi connectivity index (χ0v) is 6.22. The molecule has 0 aromatic carbocycles. The van der Waals surface area contributed by atoms with E-state index in [1.807, 2.05) is 0 Å². The molecule has 0 bridgehead atoms. The van der Waals surface area contributed by atoms with E-state index in [4.69, 9.17) is 14.3 Å². The van der Waals surface area contributed by atoms with E-state index < -0.39 is 8.56 Å². The van der Waals surface area contributed by atoms with Gasteiger partial charge in [-0.2, -0.15) is 0 Å². The summed E-state index contributed by atoms with van der Waals surface area (Å²) in [5.41, 5.74) is 0. The number of aliphatic hydroxyl groups excluding tert-OH is 1. The molecular weight excluding hydrogens is 124 g/mol. The molecule has 0 aliphatic carbocycles. The Morgan fingerprint density at radius 3 is 2.12 bits per heavy atom. The number of hydrogen-bond donors (Lipinski definition) is 2. The second-order valence-electron chi connectivity index (χ2n) is 2.02. The minimum Gasteiger partial charge on any atom is -0.411 e. The minimum atomic E-state index is -2.34. The van der Waals surface area contributed by atoms with Crippen LogP contribution in [-0.2, 0) is 4.43 Å². The van der Waals surface area contributed by atoms with Gasteiger partial charge in [0.25, 0.3) is 0 Å². The Bertz CT molecular complexity index is 58.8. The van der Waals surface area contributed by atoms with Crippen molar-refractivity contribution >= 4 is 8.56 Å². The fraction of sp³-hybridized carbons (Fsp3) is 1.00. The van der Waals surface area contributed by atoms with Crippen LogP contribution in [0.25, 0.3) is 0 Å². The Kier molecular flexibility index (Phi) is 3.23. The normalized spacial score (nSPS) is 12.0. The summed E-state index contributed by atoms with van der Waals surface area (Å²) in [6.07, 6.45) is 0. The Balaban J connectivity index is 3.11. The van der Waals surface area contributed by atoms with Gasteiger partial charge >= 0.3 is 8.56 Å². The first-order valence-corrected chi connectivity index (χ1v) is 5.39. The third-order valence-electron chi connectivity index (χ3n) is 0.547. The van der Waals surface area contributed by atoms with E-state index in [1.165, 1.54) is 0 Å². The lowest BCUT2D eigenvalue weighted by atomic mass is 10.8. The summed E-state index contributed by atoms with van der Waals surface area (Å²) < 4.78 is 4.82. The van der Waals surface area contributed by atoms with Crippen LogP contribution in [0.4, 0.5) is 0 Å². The minimum absolute atomic E-state index is 0.0169. The first-order chi connectivity index (χ1) is 3.56. The largest absolute Gasteiger partial charge is 0.411 e. The maximum Gasteiger partial charge on any atom is 0.329 e. The molecular formula is C4H12O3Si. The van der Waals surface area contributed by atoms with E-state index in [0.717, 1.165) is 0 Å². The summed E-state index contributed by atoms with van der Waals surface area (Å²) in [5.74, 6) is 0. The van der Waals surface area contributed by atoms with Crippen LogP contribution in [0, 0.1) is 0 Å². The molecule has 0 aromatic rings. The summed E-state index contributed by atoms with van der Waals surface area (Å²) in [5, 5.41) is 8.22. The molecule has 50 valence electrons. The van der Waals surface area contributed by atoms with Crippen LogP contribution in [0.5, 0.6) is 0 Å². The second kappa shape index (κ2) is 3.19. The SMILES string of the molecule is C[Si](C)(O)OCCO. The molecule has 0 aliphatic heterocycles. The number of hydrogen-bond acceptors (Lipinski definition) is 3. The van der Waals surface area contributed by atoms with Gasteiger partial charge in [-0.05, 0) is 13.1 Å². The van der Waals surface area contributed by atoms with Crippen LogP contribution < -0.4 is 0 Å². The highest BCUT2D eigenvalue weighted by atomic mass is 28.4. The van der Waals surface area contributed by atoms with Gasteiger partial charge in [0.1, 0.15) is 0 Å². The number of aliphatic hydroxyl groups is 1. The van der Waals surface area contributed by atoms with E-state index >= 15 is 0 Å². The molecule has 0 rings (SSSR count). The molecule has 3 nitrogen and oxygen atoms in total. The first-order valence-electron chi connectivity index (χ1n) is 2.53. The molecule has 4 heteroatoms. The molecule has 0 amide bonds. The highest BCUT2D eigenvalue weighted by Crippen LogP contribution is 1.95. The van der Waals surface area contributed by atoms with Crippen molar-refractivity contribution in [1.29, 1.82) is 0 Å². The predicted octanol–water partition coefficient (Wildman–Crippen LogP) is -0.311. The van der Waals surface area contributed by atoms with Gasteiger partial charge in [-0.25, -0.2) is 0 Å². The summed E-state index contributed by atoms with van der Waals surface area (Å²) in [4.78, 5) is 8.95. The van der Waals surface area contributed by atoms with Gasteiger partial charge in [-0.3, -0.25) is 0 Å². The van der Waals surface area contributed by atoms with E-state index in [9.17, 15) is 0 Å². The van der Waals surface area contributed by atoms with Crippen molar-refractivity contribution in [1.82, 2.24) is 0 Å². The zero-order valence-electron chi connectivity index (χ0n) is 5.22. The van der Waals surface area contributed by atoms with Gasteiger partial charge in [-0.1, -0.05) is 0 Å². The second-order valence-corrected chi connectivity index (χ2v) is 5.20. The third-order valence-corrected chi connectivity index (χ3v) is 1.46. The van der Waals surface area contributed by atoms with Crippen molar-refractivity contribution < 1.29 is 14.3 Å². The van der Waals surface area contributed by atoms with Crippen molar-refractivity contribution in [2.45, 2.75) is 13.1 Å². The van der Waals surface area contributed by atoms with Gasteiger partial charge in [-0.15, -0.1) is 0 Å². The monoisotopic (exact) mass is 136 g/mol. The summed E-state index contributed by atoms with van der Waals surface area (Å²) in [6.45, 7) is 3.54. The quantitative estimate of drug-likeness (QED) is 0.523. The maximum absolute atomic E-state index is 8.95. The van der Waals surface area contributed by atoms with Gasteiger partial charge in [0.05, 0.1) is 13.2 Å². The van der Waals surface area contributed by atoms with Crippen LogP contribution in [0.3, 0.4) is 0 Å². The van der Waals surface area contributed by atoms with Gasteiger partial charge in [0, 0.05) is 0 Å². The number of rotatable bonds is 3. The molecule has 0 aromatic heterocycles. The van der Waals surface area contributed by atoms with Crippen molar-refractivity contribution in [3.8, 4) is 0 Å². The standard InChI is InChI=1S/C4H12O3Si/c1-8(2,6)7-4-3-5/h5-6H,3-4H2,1-2H3. The highest BCUT2D eigenvalue weighted by molar-refractivity contribution is 6.63. The maximum atomic E-state index is 8.95. The molecule has 2 N–H and O–H groups in total. The molecule has 0 atom stereocenters. The summed E-state index contributed by atoms with van der Waals surface area (Å²) in [7, 11) is -2.34. The van der Waals surface area contributed by atoms with Crippen LogP contribution in [0.1, 0.15) is 0 Å². The first kappa shape index (κ1) is 8.10. The van der Waals surface area contributed by atoms with Gasteiger partial charge < -0.3 is 14.3 Å². The molecule has 0 saturated carbocycles. The van der Waals surface area contributed by atoms with Crippen LogP contribution >= 0.6 is 0 Å². The highest BCUT2D eigenvalue weighted by Gasteiger charge is 2.16.